The van der Waals surface area contributed by atoms with Crippen molar-refractivity contribution in [3.63, 3.8) is 0 Å². The van der Waals surface area contributed by atoms with Gasteiger partial charge in [-0.25, -0.2) is 19.9 Å². The molecule has 15 heteroatoms. The monoisotopic (exact) mass is 556 g/mol. The van der Waals surface area contributed by atoms with E-state index in [-0.39, 0.29) is 10.7 Å². The molecular formula is C22H24ClF3N8O2S. The number of alkyl halides is 3. The number of halogens is 4. The molecule has 2 atom stereocenters. The van der Waals surface area contributed by atoms with Gasteiger partial charge in [-0.15, -0.1) is 11.3 Å². The summed E-state index contributed by atoms with van der Waals surface area (Å²) in [4.78, 5) is 31.2. The number of nitrogens with two attached hydrogens (primary N) is 1. The molecule has 0 aromatic carbocycles. The number of nitrogen functional groups attached to an aromatic ring is 1. The number of likely N-dealkylation sites (tertiary alicyclic amines) is 1. The van der Waals surface area contributed by atoms with Gasteiger partial charge in [-0.1, -0.05) is 11.6 Å². The zero-order chi connectivity index (χ0) is 26.7. The third-order valence-electron chi connectivity index (χ3n) is 5.78. The molecule has 37 heavy (non-hydrogen) atoms. The fourth-order valence-corrected chi connectivity index (χ4v) is 4.92. The highest BCUT2D eigenvalue weighted by Crippen LogP contribution is 2.35. The van der Waals surface area contributed by atoms with Gasteiger partial charge in [0, 0.05) is 18.3 Å². The van der Waals surface area contributed by atoms with E-state index in [1.165, 1.54) is 12.5 Å². The number of carbonyl (C=O) groups excluding carboxylic acids is 1. The Morgan fingerprint density at radius 2 is 1.97 bits per heavy atom. The van der Waals surface area contributed by atoms with Crippen LogP contribution in [0, 0.1) is 0 Å². The van der Waals surface area contributed by atoms with Gasteiger partial charge in [0.15, 0.2) is 0 Å². The molecule has 198 valence electrons. The van der Waals surface area contributed by atoms with Crippen molar-refractivity contribution in [2.45, 2.75) is 44.8 Å². The van der Waals surface area contributed by atoms with Gasteiger partial charge >= 0.3 is 6.18 Å². The van der Waals surface area contributed by atoms with Crippen molar-refractivity contribution >= 4 is 40.5 Å². The number of amides is 1. The van der Waals surface area contributed by atoms with Crippen LogP contribution in [-0.2, 0) is 12.7 Å². The van der Waals surface area contributed by atoms with E-state index in [0.29, 0.717) is 34.7 Å². The summed E-state index contributed by atoms with van der Waals surface area (Å²) in [6.45, 7) is 4.12. The molecule has 3 aromatic rings. The molecule has 0 aliphatic carbocycles. The molecule has 1 aliphatic rings. The first-order chi connectivity index (χ1) is 17.5. The molecular weight excluding hydrogens is 533 g/mol. The average Bonchev–Trinajstić information content (AvgIpc) is 3.53. The number of hydrogen-bond acceptors (Lipinski definition) is 10. The van der Waals surface area contributed by atoms with Crippen LogP contribution in [0.2, 0.25) is 5.02 Å². The van der Waals surface area contributed by atoms with Crippen molar-refractivity contribution in [1.82, 2.24) is 30.2 Å². The first kappa shape index (κ1) is 27.1. The van der Waals surface area contributed by atoms with Crippen molar-refractivity contribution in [3.8, 4) is 0 Å². The van der Waals surface area contributed by atoms with Crippen molar-refractivity contribution in [1.29, 1.82) is 0 Å². The number of aliphatic hydroxyl groups is 1. The van der Waals surface area contributed by atoms with E-state index < -0.39 is 34.9 Å². The standard InChI is InChI=1S/C22H24ClF3N8O2S/c1-11(32-20(36)17-12(18(27)31-10-30-17)9-34-4-2-3-5-34)21-29-8-15(37-21)19(35)33-16-6-13(22(24,25)26)14(23)7-28-16/h6-8,10-11,20,32,36H,2-5,9H2,1H3,(H2,27,30,31)(H,28,33,35)/t11-,20?/m0/s1. The highest BCUT2D eigenvalue weighted by molar-refractivity contribution is 7.13. The van der Waals surface area contributed by atoms with Crippen LogP contribution in [0.1, 0.15) is 63.5 Å². The second kappa shape index (κ2) is 11.2. The number of thiazole rings is 1. The van der Waals surface area contributed by atoms with Crippen LogP contribution in [0.4, 0.5) is 24.8 Å². The number of aliphatic hydroxyl groups excluding tert-OH is 1. The first-order valence-corrected chi connectivity index (χ1v) is 12.5. The number of rotatable bonds is 8. The maximum Gasteiger partial charge on any atom is 0.418 e. The Bertz CT molecular complexity index is 1270. The Kier molecular flexibility index (Phi) is 8.23. The Balaban J connectivity index is 1.43. The van der Waals surface area contributed by atoms with E-state index in [2.05, 4.69) is 35.5 Å². The highest BCUT2D eigenvalue weighted by atomic mass is 35.5. The quantitative estimate of drug-likeness (QED) is 0.305. The zero-order valence-electron chi connectivity index (χ0n) is 19.6. The molecule has 1 fully saturated rings. The molecule has 1 aliphatic heterocycles. The summed E-state index contributed by atoms with van der Waals surface area (Å²) in [7, 11) is 0. The van der Waals surface area contributed by atoms with Crippen LogP contribution >= 0.6 is 22.9 Å². The SMILES string of the molecule is C[C@H](NC(O)c1ncnc(N)c1CN1CCCC1)c1ncc(C(=O)Nc2cc(C(F)(F)F)c(Cl)cn2)s1. The van der Waals surface area contributed by atoms with Crippen molar-refractivity contribution < 1.29 is 23.1 Å². The second-order valence-corrected chi connectivity index (χ2v) is 9.93. The topological polar surface area (TPSA) is 142 Å². The van der Waals surface area contributed by atoms with Gasteiger partial charge in [-0.2, -0.15) is 13.2 Å². The van der Waals surface area contributed by atoms with Crippen molar-refractivity contribution in [2.24, 2.45) is 0 Å². The summed E-state index contributed by atoms with van der Waals surface area (Å²) in [6, 6.07) is 0.165. The largest absolute Gasteiger partial charge is 0.418 e. The minimum atomic E-state index is -4.69. The summed E-state index contributed by atoms with van der Waals surface area (Å²) >= 11 is 6.58. The molecule has 0 saturated carbocycles. The van der Waals surface area contributed by atoms with E-state index in [1.54, 1.807) is 6.92 Å². The Morgan fingerprint density at radius 1 is 1.24 bits per heavy atom. The predicted octanol–water partition coefficient (Wildman–Crippen LogP) is 3.77. The molecule has 1 saturated heterocycles. The Hall–Kier alpha value is -2.91. The van der Waals surface area contributed by atoms with Crippen LogP contribution < -0.4 is 16.4 Å². The van der Waals surface area contributed by atoms with Gasteiger partial charge in [-0.3, -0.25) is 15.0 Å². The number of hydrogen-bond donors (Lipinski definition) is 4. The molecule has 1 amide bonds. The number of nitrogens with zero attached hydrogens (tertiary/aromatic N) is 5. The molecule has 5 N–H and O–H groups in total. The zero-order valence-corrected chi connectivity index (χ0v) is 21.2. The fraction of sp³-hybridized carbons (Fsp3) is 0.409. The van der Waals surface area contributed by atoms with Gasteiger partial charge in [0.2, 0.25) is 0 Å². The van der Waals surface area contributed by atoms with E-state index >= 15 is 0 Å². The number of aromatic nitrogens is 4. The third-order valence-corrected chi connectivity index (χ3v) is 7.26. The predicted molar refractivity (Wildman–Crippen MR) is 132 cm³/mol. The normalized spacial score (nSPS) is 16.1. The molecule has 0 spiro atoms. The number of pyridine rings is 1. The lowest BCUT2D eigenvalue weighted by Crippen LogP contribution is -2.28. The van der Waals surface area contributed by atoms with Crippen molar-refractivity contribution in [2.75, 3.05) is 24.1 Å². The van der Waals surface area contributed by atoms with Gasteiger partial charge in [0.25, 0.3) is 5.91 Å². The van der Waals surface area contributed by atoms with Crippen LogP contribution in [0.15, 0.2) is 24.8 Å². The lowest BCUT2D eigenvalue weighted by atomic mass is 10.1. The lowest BCUT2D eigenvalue weighted by Gasteiger charge is -2.22. The lowest BCUT2D eigenvalue weighted by molar-refractivity contribution is -0.137. The third kappa shape index (κ3) is 6.51. The van der Waals surface area contributed by atoms with E-state index in [4.69, 9.17) is 17.3 Å². The van der Waals surface area contributed by atoms with Crippen LogP contribution in [0.3, 0.4) is 0 Å². The summed E-state index contributed by atoms with van der Waals surface area (Å²) in [6.07, 6.45) is -0.281. The molecule has 0 radical (unpaired) electrons. The van der Waals surface area contributed by atoms with Crippen molar-refractivity contribution in [3.05, 3.63) is 56.5 Å². The molecule has 4 heterocycles. The summed E-state index contributed by atoms with van der Waals surface area (Å²) < 4.78 is 39.2. The van der Waals surface area contributed by atoms with Gasteiger partial charge in [-0.05, 0) is 38.9 Å². The number of nitrogens with one attached hydrogen (secondary N) is 2. The van der Waals surface area contributed by atoms with Crippen LogP contribution in [0.5, 0.6) is 0 Å². The number of anilines is 2. The molecule has 4 rings (SSSR count). The van der Waals surface area contributed by atoms with Gasteiger partial charge in [0.1, 0.15) is 34.1 Å². The van der Waals surface area contributed by atoms with Gasteiger partial charge < -0.3 is 16.2 Å². The first-order valence-electron chi connectivity index (χ1n) is 11.3. The summed E-state index contributed by atoms with van der Waals surface area (Å²) in [5.41, 5.74) is 5.97. The summed E-state index contributed by atoms with van der Waals surface area (Å²) in [5.74, 6) is -0.691. The van der Waals surface area contributed by atoms with Gasteiger partial charge in [0.05, 0.1) is 28.5 Å². The maximum atomic E-state index is 13.1. The molecule has 0 bridgehead atoms. The Morgan fingerprint density at radius 3 is 2.68 bits per heavy atom. The average molecular weight is 557 g/mol. The second-order valence-electron chi connectivity index (χ2n) is 8.46. The highest BCUT2D eigenvalue weighted by Gasteiger charge is 2.34. The molecule has 3 aromatic heterocycles. The summed E-state index contributed by atoms with van der Waals surface area (Å²) in [5, 5.41) is 16.1. The maximum absolute atomic E-state index is 13.1. The van der Waals surface area contributed by atoms with E-state index in [0.717, 1.165) is 43.5 Å². The molecule has 1 unspecified atom stereocenters. The molecule has 10 nitrogen and oxygen atoms in total. The van der Waals surface area contributed by atoms with E-state index in [1.807, 2.05) is 0 Å². The Labute approximate surface area is 219 Å². The minimum Gasteiger partial charge on any atom is -0.383 e. The van der Waals surface area contributed by atoms with Crippen LogP contribution in [0.25, 0.3) is 0 Å². The van der Waals surface area contributed by atoms with E-state index in [9.17, 15) is 23.1 Å². The fourth-order valence-electron chi connectivity index (χ4n) is 3.88. The van der Waals surface area contributed by atoms with Crippen LogP contribution in [-0.4, -0.2) is 48.9 Å². The minimum absolute atomic E-state index is 0.143. The number of carbonyl (C=O) groups is 1. The smallest absolute Gasteiger partial charge is 0.383 e.